The van der Waals surface area contributed by atoms with Crippen LogP contribution in [0.25, 0.3) is 16.0 Å². The summed E-state index contributed by atoms with van der Waals surface area (Å²) in [5.41, 5.74) is 3.27. The lowest BCUT2D eigenvalue weighted by atomic mass is 10.1. The van der Waals surface area contributed by atoms with E-state index >= 15 is 0 Å². The maximum atomic E-state index is 10.8. The molecule has 0 aliphatic carbocycles. The summed E-state index contributed by atoms with van der Waals surface area (Å²) in [6.45, 7) is 2.71. The number of aliphatic carboxylic acids is 1. The topological polar surface area (TPSA) is 40.5 Å². The molecular formula is C17H19NO2S. The lowest BCUT2D eigenvalue weighted by Gasteiger charge is -2.13. The number of carboxylic acid groups (broad SMARTS) is 1. The molecule has 110 valence electrons. The van der Waals surface area contributed by atoms with Gasteiger partial charge in [-0.05, 0) is 49.9 Å². The molecule has 0 aliphatic heterocycles. The standard InChI is InChI=1S/C17H19NO2S/c1-12(10-17(19)20)15-8-9-16(21-15)14-7-5-4-6-13(14)11-18(2)3/h4-10H,11H2,1-3H3,(H,19,20)/b12-10+. The number of allylic oxidation sites excluding steroid dienone is 1. The molecule has 4 heteroatoms. The number of hydrogen-bond donors (Lipinski definition) is 1. The summed E-state index contributed by atoms with van der Waals surface area (Å²) in [5.74, 6) is -0.907. The van der Waals surface area contributed by atoms with E-state index in [1.165, 1.54) is 22.1 Å². The largest absolute Gasteiger partial charge is 0.478 e. The van der Waals surface area contributed by atoms with Gasteiger partial charge in [0.15, 0.2) is 0 Å². The van der Waals surface area contributed by atoms with Crippen LogP contribution in [0, 0.1) is 0 Å². The smallest absolute Gasteiger partial charge is 0.328 e. The average molecular weight is 301 g/mol. The molecule has 1 aromatic heterocycles. The number of benzene rings is 1. The zero-order valence-electron chi connectivity index (χ0n) is 12.5. The summed E-state index contributed by atoms with van der Waals surface area (Å²) < 4.78 is 0. The van der Waals surface area contributed by atoms with Crippen LogP contribution in [0.1, 0.15) is 17.4 Å². The quantitative estimate of drug-likeness (QED) is 0.850. The van der Waals surface area contributed by atoms with Crippen LogP contribution in [0.2, 0.25) is 0 Å². The second kappa shape index (κ2) is 6.70. The second-order valence-corrected chi connectivity index (χ2v) is 6.31. The molecule has 0 amide bonds. The maximum Gasteiger partial charge on any atom is 0.328 e. The Morgan fingerprint density at radius 2 is 1.95 bits per heavy atom. The van der Waals surface area contributed by atoms with Gasteiger partial charge in [-0.15, -0.1) is 11.3 Å². The first-order valence-electron chi connectivity index (χ1n) is 6.72. The number of hydrogen-bond acceptors (Lipinski definition) is 3. The molecule has 1 N–H and O–H groups in total. The minimum Gasteiger partial charge on any atom is -0.478 e. The van der Waals surface area contributed by atoms with Crippen molar-refractivity contribution >= 4 is 22.9 Å². The van der Waals surface area contributed by atoms with Crippen molar-refractivity contribution in [3.8, 4) is 10.4 Å². The van der Waals surface area contributed by atoms with Crippen molar-refractivity contribution in [3.05, 3.63) is 52.9 Å². The average Bonchev–Trinajstić information content (AvgIpc) is 2.87. The molecule has 1 heterocycles. The van der Waals surface area contributed by atoms with Gasteiger partial charge in [0.05, 0.1) is 0 Å². The molecule has 2 aromatic rings. The van der Waals surface area contributed by atoms with E-state index in [0.717, 1.165) is 17.0 Å². The summed E-state index contributed by atoms with van der Waals surface area (Å²) in [6, 6.07) is 12.4. The molecule has 0 atom stereocenters. The summed E-state index contributed by atoms with van der Waals surface area (Å²) in [4.78, 5) is 15.1. The Kier molecular flexibility index (Phi) is 4.94. The third-order valence-corrected chi connectivity index (χ3v) is 4.36. The molecule has 0 unspecified atom stereocenters. The Bertz CT molecular complexity index is 671. The molecule has 0 fully saturated rings. The molecule has 3 nitrogen and oxygen atoms in total. The minimum absolute atomic E-state index is 0.781. The Hall–Kier alpha value is -1.91. The van der Waals surface area contributed by atoms with Gasteiger partial charge in [0.2, 0.25) is 0 Å². The first-order valence-corrected chi connectivity index (χ1v) is 7.53. The predicted molar refractivity (Wildman–Crippen MR) is 88.4 cm³/mol. The highest BCUT2D eigenvalue weighted by Crippen LogP contribution is 2.34. The van der Waals surface area contributed by atoms with Gasteiger partial charge in [0.1, 0.15) is 0 Å². The van der Waals surface area contributed by atoms with Gasteiger partial charge in [-0.2, -0.15) is 0 Å². The van der Waals surface area contributed by atoms with Gasteiger partial charge in [-0.3, -0.25) is 0 Å². The SMILES string of the molecule is C/C(=C\C(=O)O)c1ccc(-c2ccccc2CN(C)C)s1. The molecule has 0 saturated carbocycles. The van der Waals surface area contributed by atoms with Gasteiger partial charge in [0, 0.05) is 22.4 Å². The number of thiophene rings is 1. The van der Waals surface area contributed by atoms with Gasteiger partial charge >= 0.3 is 5.97 Å². The van der Waals surface area contributed by atoms with Crippen molar-refractivity contribution < 1.29 is 9.90 Å². The molecule has 1 aromatic carbocycles. The van der Waals surface area contributed by atoms with Crippen molar-refractivity contribution in [3.63, 3.8) is 0 Å². The van der Waals surface area contributed by atoms with Crippen LogP contribution in [-0.4, -0.2) is 30.1 Å². The summed E-state index contributed by atoms with van der Waals surface area (Å²) >= 11 is 1.63. The van der Waals surface area contributed by atoms with E-state index in [4.69, 9.17) is 5.11 Å². The van der Waals surface area contributed by atoms with Crippen LogP contribution in [0.4, 0.5) is 0 Å². The fourth-order valence-electron chi connectivity index (χ4n) is 2.19. The highest BCUT2D eigenvalue weighted by Gasteiger charge is 2.09. The summed E-state index contributed by atoms with van der Waals surface area (Å²) in [7, 11) is 4.10. The molecule has 0 bridgehead atoms. The van der Waals surface area contributed by atoms with Gasteiger partial charge < -0.3 is 10.0 Å². The maximum absolute atomic E-state index is 10.8. The van der Waals surface area contributed by atoms with Crippen LogP contribution in [0.15, 0.2) is 42.5 Å². The molecule has 0 spiro atoms. The minimum atomic E-state index is -0.907. The molecule has 0 saturated heterocycles. The predicted octanol–water partition coefficient (Wildman–Crippen LogP) is 3.96. The number of nitrogens with zero attached hydrogens (tertiary/aromatic N) is 1. The lowest BCUT2D eigenvalue weighted by molar-refractivity contribution is -0.131. The van der Waals surface area contributed by atoms with Gasteiger partial charge in [-0.25, -0.2) is 4.79 Å². The fourth-order valence-corrected chi connectivity index (χ4v) is 3.23. The summed E-state index contributed by atoms with van der Waals surface area (Å²) in [5, 5.41) is 8.84. The van der Waals surface area contributed by atoms with E-state index in [1.54, 1.807) is 11.3 Å². The van der Waals surface area contributed by atoms with Crippen LogP contribution >= 0.6 is 11.3 Å². The van der Waals surface area contributed by atoms with E-state index in [1.807, 2.05) is 25.1 Å². The fraction of sp³-hybridized carbons (Fsp3) is 0.235. The number of carbonyl (C=O) groups is 1. The molecule has 0 radical (unpaired) electrons. The molecule has 21 heavy (non-hydrogen) atoms. The van der Waals surface area contributed by atoms with Crippen molar-refractivity contribution in [1.82, 2.24) is 4.90 Å². The van der Waals surface area contributed by atoms with E-state index in [2.05, 4.69) is 37.2 Å². The van der Waals surface area contributed by atoms with E-state index in [0.29, 0.717) is 0 Å². The Morgan fingerprint density at radius 3 is 2.62 bits per heavy atom. The van der Waals surface area contributed by atoms with Crippen LogP contribution in [0.5, 0.6) is 0 Å². The Morgan fingerprint density at radius 1 is 1.24 bits per heavy atom. The summed E-state index contributed by atoms with van der Waals surface area (Å²) in [6.07, 6.45) is 1.25. The number of carboxylic acids is 1. The van der Waals surface area contributed by atoms with Crippen molar-refractivity contribution in [2.75, 3.05) is 14.1 Å². The van der Waals surface area contributed by atoms with Crippen LogP contribution in [-0.2, 0) is 11.3 Å². The lowest BCUT2D eigenvalue weighted by Crippen LogP contribution is -2.11. The monoisotopic (exact) mass is 301 g/mol. The van der Waals surface area contributed by atoms with Gasteiger partial charge in [0.25, 0.3) is 0 Å². The Labute approximate surface area is 129 Å². The normalized spacial score (nSPS) is 11.9. The van der Waals surface area contributed by atoms with E-state index < -0.39 is 5.97 Å². The third kappa shape index (κ3) is 4.03. The van der Waals surface area contributed by atoms with Crippen molar-refractivity contribution in [1.29, 1.82) is 0 Å². The van der Waals surface area contributed by atoms with Crippen molar-refractivity contribution in [2.45, 2.75) is 13.5 Å². The van der Waals surface area contributed by atoms with Crippen LogP contribution < -0.4 is 0 Å². The molecule has 0 aliphatic rings. The van der Waals surface area contributed by atoms with Crippen molar-refractivity contribution in [2.24, 2.45) is 0 Å². The Balaban J connectivity index is 2.36. The number of rotatable bonds is 5. The first kappa shape index (κ1) is 15.5. The zero-order chi connectivity index (χ0) is 15.4. The first-order chi connectivity index (χ1) is 9.97. The van der Waals surface area contributed by atoms with E-state index in [9.17, 15) is 4.79 Å². The van der Waals surface area contributed by atoms with E-state index in [-0.39, 0.29) is 0 Å². The van der Waals surface area contributed by atoms with Crippen LogP contribution in [0.3, 0.4) is 0 Å². The highest BCUT2D eigenvalue weighted by molar-refractivity contribution is 7.16. The molecule has 2 rings (SSSR count). The second-order valence-electron chi connectivity index (χ2n) is 5.22. The highest BCUT2D eigenvalue weighted by atomic mass is 32.1. The molecular weight excluding hydrogens is 282 g/mol. The third-order valence-electron chi connectivity index (χ3n) is 3.10. The zero-order valence-corrected chi connectivity index (χ0v) is 13.3. The van der Waals surface area contributed by atoms with Gasteiger partial charge in [-0.1, -0.05) is 24.3 Å².